The van der Waals surface area contributed by atoms with Crippen molar-refractivity contribution in [3.05, 3.63) is 66.1 Å². The fraction of sp³-hybridized carbons (Fsp3) is 0.360. The van der Waals surface area contributed by atoms with E-state index >= 15 is 0 Å². The molecule has 0 aliphatic rings. The summed E-state index contributed by atoms with van der Waals surface area (Å²) in [6.45, 7) is 4.95. The molecular weight excluding hydrogens is 372 g/mol. The first kappa shape index (κ1) is 20.2. The molecule has 0 saturated heterocycles. The van der Waals surface area contributed by atoms with E-state index in [1.807, 2.05) is 18.2 Å². The molecule has 0 spiro atoms. The maximum atomic E-state index is 12.3. The smallest absolute Gasteiger partial charge is 0.220 e. The number of fused-ring (bicyclic) bond motifs is 2. The molecule has 4 aromatic rings. The third-order valence-electron chi connectivity index (χ3n) is 5.69. The quantitative estimate of drug-likeness (QED) is 0.461. The van der Waals surface area contributed by atoms with Gasteiger partial charge in [0.25, 0.3) is 0 Å². The van der Waals surface area contributed by atoms with Crippen LogP contribution in [0.4, 0.5) is 0 Å². The Bertz CT molecular complexity index is 1170. The second-order valence-electron chi connectivity index (χ2n) is 8.22. The number of hydrogen-bond donors (Lipinski definition) is 1. The van der Waals surface area contributed by atoms with Gasteiger partial charge in [-0.2, -0.15) is 0 Å². The Balaban J connectivity index is 1.29. The first-order chi connectivity index (χ1) is 14.5. The number of carbonyl (C=O) groups excluding carboxylic acids is 1. The van der Waals surface area contributed by atoms with E-state index in [2.05, 4.69) is 71.9 Å². The molecule has 0 fully saturated rings. The fourth-order valence-electron chi connectivity index (χ4n) is 4.31. The highest BCUT2D eigenvalue weighted by Crippen LogP contribution is 2.22. The summed E-state index contributed by atoms with van der Waals surface area (Å²) < 4.78 is 4.42. The highest BCUT2D eigenvalue weighted by atomic mass is 16.1. The van der Waals surface area contributed by atoms with Crippen molar-refractivity contribution in [1.29, 1.82) is 0 Å². The second-order valence-corrected chi connectivity index (χ2v) is 8.22. The zero-order valence-electron chi connectivity index (χ0n) is 18.1. The molecule has 2 aromatic carbocycles. The van der Waals surface area contributed by atoms with E-state index in [9.17, 15) is 4.79 Å². The third kappa shape index (κ3) is 4.11. The SMILES string of the molecule is CC(C)n1c(CCNC(=O)CCCc2cn(C)c3ccccc23)nc2ccccc21. The standard InChI is InChI=1S/C25H30N4O/c1-18(2)29-23-13-7-5-11-21(23)27-24(29)15-16-26-25(30)14-8-9-19-17-28(3)22-12-6-4-10-20(19)22/h4-7,10-13,17-18H,8-9,14-16H2,1-3H3,(H,26,30). The molecule has 0 aliphatic carbocycles. The number of nitrogens with one attached hydrogen (secondary N) is 1. The van der Waals surface area contributed by atoms with Crippen LogP contribution in [0.5, 0.6) is 0 Å². The van der Waals surface area contributed by atoms with E-state index in [1.54, 1.807) is 0 Å². The van der Waals surface area contributed by atoms with Crippen molar-refractivity contribution in [3.63, 3.8) is 0 Å². The van der Waals surface area contributed by atoms with Crippen molar-refractivity contribution in [1.82, 2.24) is 19.4 Å². The Hall–Kier alpha value is -3.08. The zero-order valence-corrected chi connectivity index (χ0v) is 18.1. The van der Waals surface area contributed by atoms with Gasteiger partial charge in [-0.05, 0) is 50.5 Å². The number of benzene rings is 2. The van der Waals surface area contributed by atoms with Crippen LogP contribution in [-0.2, 0) is 24.7 Å². The summed E-state index contributed by atoms with van der Waals surface area (Å²) in [6.07, 6.45) is 5.23. The van der Waals surface area contributed by atoms with Crippen LogP contribution in [0.15, 0.2) is 54.7 Å². The van der Waals surface area contributed by atoms with Crippen LogP contribution in [-0.4, -0.2) is 26.6 Å². The van der Waals surface area contributed by atoms with Gasteiger partial charge in [0.2, 0.25) is 5.91 Å². The summed E-state index contributed by atoms with van der Waals surface area (Å²) in [5.74, 6) is 1.14. The van der Waals surface area contributed by atoms with Gasteiger partial charge in [0, 0.05) is 49.6 Å². The molecule has 4 rings (SSSR count). The number of para-hydroxylation sites is 3. The summed E-state index contributed by atoms with van der Waals surface area (Å²) in [6, 6.07) is 17.0. The third-order valence-corrected chi connectivity index (χ3v) is 5.69. The molecular formula is C25H30N4O. The molecule has 1 amide bonds. The highest BCUT2D eigenvalue weighted by molar-refractivity contribution is 5.84. The van der Waals surface area contributed by atoms with E-state index in [4.69, 9.17) is 4.98 Å². The highest BCUT2D eigenvalue weighted by Gasteiger charge is 2.13. The van der Waals surface area contributed by atoms with E-state index in [0.717, 1.165) is 36.1 Å². The Morgan fingerprint density at radius 3 is 2.57 bits per heavy atom. The second kappa shape index (κ2) is 8.74. The zero-order chi connectivity index (χ0) is 21.1. The monoisotopic (exact) mass is 402 g/mol. The van der Waals surface area contributed by atoms with E-state index in [1.165, 1.54) is 16.5 Å². The van der Waals surface area contributed by atoms with Crippen LogP contribution in [0, 0.1) is 0 Å². The lowest BCUT2D eigenvalue weighted by atomic mass is 10.1. The molecule has 0 aliphatic heterocycles. The Morgan fingerprint density at radius 1 is 1.03 bits per heavy atom. The number of aryl methyl sites for hydroxylation is 2. The van der Waals surface area contributed by atoms with Crippen LogP contribution in [0.3, 0.4) is 0 Å². The van der Waals surface area contributed by atoms with Crippen molar-refractivity contribution in [2.24, 2.45) is 7.05 Å². The Labute approximate surface area is 177 Å². The molecule has 5 nitrogen and oxygen atoms in total. The molecule has 5 heteroatoms. The average Bonchev–Trinajstić information content (AvgIpc) is 3.26. The molecule has 156 valence electrons. The molecule has 2 aromatic heterocycles. The molecule has 2 heterocycles. The first-order valence-corrected chi connectivity index (χ1v) is 10.8. The van der Waals surface area contributed by atoms with Gasteiger partial charge < -0.3 is 14.5 Å². The van der Waals surface area contributed by atoms with Crippen molar-refractivity contribution >= 4 is 27.8 Å². The Morgan fingerprint density at radius 2 is 1.77 bits per heavy atom. The lowest BCUT2D eigenvalue weighted by Gasteiger charge is -2.13. The molecule has 0 saturated carbocycles. The minimum Gasteiger partial charge on any atom is -0.356 e. The lowest BCUT2D eigenvalue weighted by molar-refractivity contribution is -0.121. The summed E-state index contributed by atoms with van der Waals surface area (Å²) in [4.78, 5) is 17.1. The van der Waals surface area contributed by atoms with Crippen LogP contribution < -0.4 is 5.32 Å². The summed E-state index contributed by atoms with van der Waals surface area (Å²) in [5.41, 5.74) is 4.73. The minimum atomic E-state index is 0.113. The first-order valence-electron chi connectivity index (χ1n) is 10.8. The van der Waals surface area contributed by atoms with Gasteiger partial charge in [-0.25, -0.2) is 4.98 Å². The van der Waals surface area contributed by atoms with E-state index in [0.29, 0.717) is 19.0 Å². The maximum Gasteiger partial charge on any atom is 0.220 e. The number of rotatable bonds is 8. The minimum absolute atomic E-state index is 0.113. The molecule has 0 bridgehead atoms. The number of hydrogen-bond acceptors (Lipinski definition) is 2. The average molecular weight is 403 g/mol. The number of amides is 1. The largest absolute Gasteiger partial charge is 0.356 e. The van der Waals surface area contributed by atoms with E-state index < -0.39 is 0 Å². The van der Waals surface area contributed by atoms with Gasteiger partial charge in [0.15, 0.2) is 0 Å². The molecule has 1 N–H and O–H groups in total. The van der Waals surface area contributed by atoms with Gasteiger partial charge in [-0.3, -0.25) is 4.79 Å². The van der Waals surface area contributed by atoms with Crippen molar-refractivity contribution < 1.29 is 4.79 Å². The van der Waals surface area contributed by atoms with Gasteiger partial charge >= 0.3 is 0 Å². The molecule has 30 heavy (non-hydrogen) atoms. The summed E-state index contributed by atoms with van der Waals surface area (Å²) in [7, 11) is 2.07. The molecule has 0 radical (unpaired) electrons. The van der Waals surface area contributed by atoms with Gasteiger partial charge in [0.05, 0.1) is 11.0 Å². The predicted octanol–water partition coefficient (Wildman–Crippen LogP) is 4.79. The number of carbonyl (C=O) groups is 1. The van der Waals surface area contributed by atoms with Gasteiger partial charge in [0.1, 0.15) is 5.82 Å². The predicted molar refractivity (Wildman–Crippen MR) is 123 cm³/mol. The molecule has 0 atom stereocenters. The lowest BCUT2D eigenvalue weighted by Crippen LogP contribution is -2.26. The van der Waals surface area contributed by atoms with E-state index in [-0.39, 0.29) is 5.91 Å². The van der Waals surface area contributed by atoms with Crippen LogP contribution in [0.25, 0.3) is 21.9 Å². The van der Waals surface area contributed by atoms with Crippen molar-refractivity contribution in [3.8, 4) is 0 Å². The Kier molecular flexibility index (Phi) is 5.88. The summed E-state index contributed by atoms with van der Waals surface area (Å²) in [5, 5.41) is 4.36. The summed E-state index contributed by atoms with van der Waals surface area (Å²) >= 11 is 0. The van der Waals surface area contributed by atoms with Crippen LogP contribution >= 0.6 is 0 Å². The number of aromatic nitrogens is 3. The molecule has 0 unspecified atom stereocenters. The van der Waals surface area contributed by atoms with Crippen molar-refractivity contribution in [2.45, 2.75) is 45.6 Å². The van der Waals surface area contributed by atoms with Crippen molar-refractivity contribution in [2.75, 3.05) is 6.54 Å². The fourth-order valence-corrected chi connectivity index (χ4v) is 4.31. The topological polar surface area (TPSA) is 51.9 Å². The number of nitrogens with zero attached hydrogens (tertiary/aromatic N) is 3. The normalized spacial score (nSPS) is 11.6. The van der Waals surface area contributed by atoms with Crippen LogP contribution in [0.2, 0.25) is 0 Å². The number of imidazole rings is 1. The maximum absolute atomic E-state index is 12.3. The van der Waals surface area contributed by atoms with Crippen LogP contribution in [0.1, 0.15) is 44.1 Å². The van der Waals surface area contributed by atoms with Gasteiger partial charge in [-0.1, -0.05) is 30.3 Å². The van der Waals surface area contributed by atoms with Gasteiger partial charge in [-0.15, -0.1) is 0 Å².